The molecule has 90 valence electrons. The third-order valence-electron chi connectivity index (χ3n) is 2.00. The molecule has 1 aromatic carbocycles. The lowest BCUT2D eigenvalue weighted by molar-refractivity contribution is 0.282. The highest BCUT2D eigenvalue weighted by Gasteiger charge is 2.21. The molecule has 0 aliphatic carbocycles. The quantitative estimate of drug-likeness (QED) is 0.696. The van der Waals surface area contributed by atoms with Crippen molar-refractivity contribution in [2.45, 2.75) is 26.2 Å². The average molecular weight is 246 g/mol. The molecule has 0 bridgehead atoms. The maximum atomic E-state index is 10.7. The number of phenols is 1. The number of hydrogen-bond donors (Lipinski definition) is 3. The molecule has 0 radical (unpaired) electrons. The molecule has 0 saturated carbocycles. The molecule has 0 aliphatic rings. The maximum absolute atomic E-state index is 10.7. The fraction of sp³-hybridized carbons (Fsp3) is 0.400. The molecule has 0 spiro atoms. The molecule has 0 unspecified atom stereocenters. The molecular formula is C10H15O5P. The van der Waals surface area contributed by atoms with E-state index in [1.807, 2.05) is 20.8 Å². The van der Waals surface area contributed by atoms with Gasteiger partial charge in [0.25, 0.3) is 0 Å². The second-order valence-corrected chi connectivity index (χ2v) is 5.67. The molecule has 0 heterocycles. The van der Waals surface area contributed by atoms with Gasteiger partial charge in [-0.2, -0.15) is 0 Å². The van der Waals surface area contributed by atoms with Crippen LogP contribution in [0.25, 0.3) is 0 Å². The Morgan fingerprint density at radius 3 is 2.25 bits per heavy atom. The van der Waals surface area contributed by atoms with Crippen LogP contribution in [0.5, 0.6) is 11.5 Å². The molecule has 6 heteroatoms. The summed E-state index contributed by atoms with van der Waals surface area (Å²) in [6.45, 7) is 5.63. The standard InChI is InChI=1S/C10H15O5P/c1-10(2,3)8-6-7(4-5-9(8)11)15-16(12,13)14/h4-6,11H,1-3H3,(H2,12,13,14). The Kier molecular flexibility index (Phi) is 3.33. The summed E-state index contributed by atoms with van der Waals surface area (Å²) in [5.41, 5.74) is 0.233. The van der Waals surface area contributed by atoms with Crippen molar-refractivity contribution in [2.24, 2.45) is 0 Å². The van der Waals surface area contributed by atoms with Crippen LogP contribution in [-0.2, 0) is 9.98 Å². The van der Waals surface area contributed by atoms with Crippen molar-refractivity contribution in [1.82, 2.24) is 0 Å². The van der Waals surface area contributed by atoms with Gasteiger partial charge in [-0.25, -0.2) is 4.57 Å². The number of aromatic hydroxyl groups is 1. The fourth-order valence-electron chi connectivity index (χ4n) is 1.31. The third-order valence-corrected chi connectivity index (χ3v) is 2.45. The van der Waals surface area contributed by atoms with Crippen molar-refractivity contribution < 1.29 is 24.0 Å². The Labute approximate surface area is 93.9 Å². The Morgan fingerprint density at radius 2 is 1.81 bits per heavy atom. The van der Waals surface area contributed by atoms with Crippen LogP contribution in [0.3, 0.4) is 0 Å². The van der Waals surface area contributed by atoms with Gasteiger partial charge in [-0.05, 0) is 23.6 Å². The normalized spacial score (nSPS) is 12.6. The second kappa shape index (κ2) is 4.09. The number of phosphoric ester groups is 1. The van der Waals surface area contributed by atoms with Crippen LogP contribution < -0.4 is 4.52 Å². The Balaban J connectivity index is 3.13. The molecule has 0 aromatic heterocycles. The highest BCUT2D eigenvalue weighted by molar-refractivity contribution is 7.46. The molecule has 16 heavy (non-hydrogen) atoms. The van der Waals surface area contributed by atoms with E-state index in [4.69, 9.17) is 9.79 Å². The van der Waals surface area contributed by atoms with Crippen molar-refractivity contribution in [1.29, 1.82) is 0 Å². The zero-order chi connectivity index (χ0) is 12.6. The Bertz CT molecular complexity index is 429. The van der Waals surface area contributed by atoms with Crippen LogP contribution >= 0.6 is 7.82 Å². The van der Waals surface area contributed by atoms with E-state index in [9.17, 15) is 9.67 Å². The lowest BCUT2D eigenvalue weighted by atomic mass is 9.86. The second-order valence-electron chi connectivity index (χ2n) is 4.51. The molecule has 0 saturated heterocycles. The lowest BCUT2D eigenvalue weighted by Crippen LogP contribution is -2.11. The molecule has 1 rings (SSSR count). The highest BCUT2D eigenvalue weighted by Crippen LogP contribution is 2.40. The molecule has 1 aromatic rings. The van der Waals surface area contributed by atoms with E-state index in [1.165, 1.54) is 18.2 Å². The van der Waals surface area contributed by atoms with Gasteiger partial charge in [-0.15, -0.1) is 0 Å². The fourth-order valence-corrected chi connectivity index (χ4v) is 1.70. The van der Waals surface area contributed by atoms with Crippen LogP contribution in [0.15, 0.2) is 18.2 Å². The highest BCUT2D eigenvalue weighted by atomic mass is 31.2. The van der Waals surface area contributed by atoms with Gasteiger partial charge < -0.3 is 9.63 Å². The van der Waals surface area contributed by atoms with Crippen LogP contribution in [0.4, 0.5) is 0 Å². The van der Waals surface area contributed by atoms with E-state index in [0.29, 0.717) is 5.56 Å². The largest absolute Gasteiger partial charge is 0.524 e. The van der Waals surface area contributed by atoms with Gasteiger partial charge in [0.15, 0.2) is 0 Å². The summed E-state index contributed by atoms with van der Waals surface area (Å²) in [6.07, 6.45) is 0. The summed E-state index contributed by atoms with van der Waals surface area (Å²) < 4.78 is 15.1. The van der Waals surface area contributed by atoms with Crippen molar-refractivity contribution in [3.8, 4) is 11.5 Å². The minimum absolute atomic E-state index is 0.0380. The van der Waals surface area contributed by atoms with Gasteiger partial charge in [0, 0.05) is 5.56 Å². The summed E-state index contributed by atoms with van der Waals surface area (Å²) in [5.74, 6) is 0.113. The Morgan fingerprint density at radius 1 is 1.25 bits per heavy atom. The minimum atomic E-state index is -4.56. The SMILES string of the molecule is CC(C)(C)c1cc(OP(=O)(O)O)ccc1O. The first-order valence-corrected chi connectivity index (χ1v) is 6.21. The summed E-state index contributed by atoms with van der Waals surface area (Å²) in [5, 5.41) is 9.62. The molecule has 0 aliphatic heterocycles. The first-order chi connectivity index (χ1) is 7.09. The summed E-state index contributed by atoms with van der Waals surface area (Å²) in [4.78, 5) is 17.3. The van der Waals surface area contributed by atoms with Crippen molar-refractivity contribution >= 4 is 7.82 Å². The number of phenolic OH excluding ortho intramolecular Hbond substituents is 1. The van der Waals surface area contributed by atoms with E-state index in [2.05, 4.69) is 4.52 Å². The zero-order valence-electron chi connectivity index (χ0n) is 9.34. The molecule has 0 fully saturated rings. The topological polar surface area (TPSA) is 87.0 Å². The first kappa shape index (κ1) is 13.0. The van der Waals surface area contributed by atoms with E-state index in [-0.39, 0.29) is 16.9 Å². The molecule has 3 N–H and O–H groups in total. The molecule has 0 atom stereocenters. The monoisotopic (exact) mass is 246 g/mol. The van der Waals surface area contributed by atoms with Gasteiger partial charge in [0.05, 0.1) is 0 Å². The lowest BCUT2D eigenvalue weighted by Gasteiger charge is -2.21. The maximum Gasteiger partial charge on any atom is 0.524 e. The predicted molar refractivity (Wildman–Crippen MR) is 59.5 cm³/mol. The van der Waals surface area contributed by atoms with Gasteiger partial charge in [0.1, 0.15) is 11.5 Å². The summed E-state index contributed by atoms with van der Waals surface area (Å²) >= 11 is 0. The van der Waals surface area contributed by atoms with Gasteiger partial charge >= 0.3 is 7.82 Å². The Hall–Kier alpha value is -1.03. The van der Waals surface area contributed by atoms with Crippen molar-refractivity contribution in [2.75, 3.05) is 0 Å². The van der Waals surface area contributed by atoms with Crippen molar-refractivity contribution in [3.05, 3.63) is 23.8 Å². The van der Waals surface area contributed by atoms with E-state index >= 15 is 0 Å². The van der Waals surface area contributed by atoms with Crippen LogP contribution in [0.1, 0.15) is 26.3 Å². The number of benzene rings is 1. The average Bonchev–Trinajstić information content (AvgIpc) is 2.04. The smallest absolute Gasteiger partial charge is 0.508 e. The predicted octanol–water partition coefficient (Wildman–Crippen LogP) is 2.16. The molecule has 5 nitrogen and oxygen atoms in total. The molecule has 0 amide bonds. The van der Waals surface area contributed by atoms with Crippen LogP contribution in [0, 0.1) is 0 Å². The molecular weight excluding hydrogens is 231 g/mol. The first-order valence-electron chi connectivity index (χ1n) is 4.68. The number of rotatable bonds is 2. The van der Waals surface area contributed by atoms with E-state index < -0.39 is 7.82 Å². The third kappa shape index (κ3) is 3.52. The summed E-state index contributed by atoms with van der Waals surface area (Å²) in [6, 6.07) is 4.09. The summed E-state index contributed by atoms with van der Waals surface area (Å²) in [7, 11) is -4.56. The van der Waals surface area contributed by atoms with Gasteiger partial charge in [-0.1, -0.05) is 20.8 Å². The zero-order valence-corrected chi connectivity index (χ0v) is 10.2. The van der Waals surface area contributed by atoms with Gasteiger partial charge in [0.2, 0.25) is 0 Å². The van der Waals surface area contributed by atoms with Crippen LogP contribution in [-0.4, -0.2) is 14.9 Å². The minimum Gasteiger partial charge on any atom is -0.508 e. The van der Waals surface area contributed by atoms with Crippen molar-refractivity contribution in [3.63, 3.8) is 0 Å². The van der Waals surface area contributed by atoms with Crippen LogP contribution in [0.2, 0.25) is 0 Å². The number of hydrogen-bond acceptors (Lipinski definition) is 3. The van der Waals surface area contributed by atoms with Gasteiger partial charge in [-0.3, -0.25) is 9.79 Å². The number of phosphoric acid groups is 1. The van der Waals surface area contributed by atoms with E-state index in [0.717, 1.165) is 0 Å². The van der Waals surface area contributed by atoms with E-state index in [1.54, 1.807) is 0 Å².